The van der Waals surface area contributed by atoms with Gasteiger partial charge in [-0.1, -0.05) is 34.1 Å². The molecule has 0 aliphatic carbocycles. The van der Waals surface area contributed by atoms with Gasteiger partial charge in [-0.2, -0.15) is 0 Å². The predicted molar refractivity (Wildman–Crippen MR) is 64.9 cm³/mol. The minimum absolute atomic E-state index is 0.256. The second-order valence-electron chi connectivity index (χ2n) is 3.33. The molecule has 0 aliphatic heterocycles. The smallest absolute Gasteiger partial charge is 0.123 e. The summed E-state index contributed by atoms with van der Waals surface area (Å²) in [6, 6.07) is 13.8. The second-order valence-corrected chi connectivity index (χ2v) is 4.19. The lowest BCUT2D eigenvalue weighted by Crippen LogP contribution is -1.96. The van der Waals surface area contributed by atoms with Crippen molar-refractivity contribution in [1.82, 2.24) is 0 Å². The van der Waals surface area contributed by atoms with Crippen molar-refractivity contribution in [3.63, 3.8) is 0 Å². The molecule has 2 rings (SSSR count). The quantitative estimate of drug-likeness (QED) is 0.820. The molecule has 0 heterocycles. The van der Waals surface area contributed by atoms with E-state index in [1.807, 2.05) is 24.3 Å². The van der Waals surface area contributed by atoms with E-state index in [1.54, 1.807) is 12.1 Å². The van der Waals surface area contributed by atoms with Gasteiger partial charge in [0.05, 0.1) is 0 Å². The summed E-state index contributed by atoms with van der Waals surface area (Å²) < 4.78 is 19.2. The van der Waals surface area contributed by atoms with Gasteiger partial charge in [-0.05, 0) is 30.3 Å². The van der Waals surface area contributed by atoms with Crippen LogP contribution in [-0.4, -0.2) is 0 Å². The van der Waals surface area contributed by atoms with Gasteiger partial charge in [0, 0.05) is 10.0 Å². The molecule has 0 fully saturated rings. The predicted octanol–water partition coefficient (Wildman–Crippen LogP) is 4.17. The molecule has 0 spiro atoms. The molecule has 0 saturated heterocycles. The van der Waals surface area contributed by atoms with Crippen molar-refractivity contribution in [2.45, 2.75) is 6.61 Å². The Hall–Kier alpha value is -1.35. The molecular formula is C13H10BrFO. The molecule has 0 aliphatic rings. The molecule has 0 saturated carbocycles. The number of benzene rings is 2. The highest BCUT2D eigenvalue weighted by Crippen LogP contribution is 2.19. The summed E-state index contributed by atoms with van der Waals surface area (Å²) in [5, 5.41) is 0. The summed E-state index contributed by atoms with van der Waals surface area (Å²) in [6.45, 7) is 0.465. The maximum absolute atomic E-state index is 12.7. The first-order valence-electron chi connectivity index (χ1n) is 4.87. The Morgan fingerprint density at radius 3 is 2.38 bits per heavy atom. The van der Waals surface area contributed by atoms with Crippen molar-refractivity contribution < 1.29 is 9.13 Å². The van der Waals surface area contributed by atoms with Gasteiger partial charge >= 0.3 is 0 Å². The molecule has 0 N–H and O–H groups in total. The molecule has 0 unspecified atom stereocenters. The molecule has 3 heteroatoms. The highest BCUT2D eigenvalue weighted by molar-refractivity contribution is 9.10. The molecule has 0 aromatic heterocycles. The lowest BCUT2D eigenvalue weighted by Gasteiger charge is -2.07. The SMILES string of the molecule is Fc1ccc(OCc2ccccc2Br)cc1. The Balaban J connectivity index is 2.02. The van der Waals surface area contributed by atoms with E-state index >= 15 is 0 Å². The second kappa shape index (κ2) is 5.12. The maximum Gasteiger partial charge on any atom is 0.123 e. The van der Waals surface area contributed by atoms with Crippen LogP contribution in [0.2, 0.25) is 0 Å². The van der Waals surface area contributed by atoms with E-state index in [4.69, 9.17) is 4.74 Å². The molecule has 2 aromatic rings. The molecular weight excluding hydrogens is 271 g/mol. The van der Waals surface area contributed by atoms with E-state index in [2.05, 4.69) is 15.9 Å². The first kappa shape index (κ1) is 11.1. The summed E-state index contributed by atoms with van der Waals surface area (Å²) >= 11 is 3.44. The standard InChI is InChI=1S/C13H10BrFO/c14-13-4-2-1-3-10(13)9-16-12-7-5-11(15)6-8-12/h1-8H,9H2. The van der Waals surface area contributed by atoms with Crippen LogP contribution in [0, 0.1) is 5.82 Å². The van der Waals surface area contributed by atoms with Crippen molar-refractivity contribution in [2.24, 2.45) is 0 Å². The van der Waals surface area contributed by atoms with Crippen LogP contribution in [-0.2, 0) is 6.61 Å². The van der Waals surface area contributed by atoms with Gasteiger partial charge in [-0.15, -0.1) is 0 Å². The van der Waals surface area contributed by atoms with Crippen LogP contribution in [0.3, 0.4) is 0 Å². The molecule has 0 amide bonds. The van der Waals surface area contributed by atoms with Gasteiger partial charge in [-0.25, -0.2) is 4.39 Å². The zero-order chi connectivity index (χ0) is 11.4. The highest BCUT2D eigenvalue weighted by atomic mass is 79.9. The van der Waals surface area contributed by atoms with Gasteiger partial charge < -0.3 is 4.74 Å². The minimum Gasteiger partial charge on any atom is -0.489 e. The van der Waals surface area contributed by atoms with Crippen LogP contribution in [0.5, 0.6) is 5.75 Å². The molecule has 82 valence electrons. The largest absolute Gasteiger partial charge is 0.489 e. The lowest BCUT2D eigenvalue weighted by molar-refractivity contribution is 0.305. The van der Waals surface area contributed by atoms with Crippen LogP contribution < -0.4 is 4.74 Å². The fourth-order valence-electron chi connectivity index (χ4n) is 1.31. The van der Waals surface area contributed by atoms with E-state index in [-0.39, 0.29) is 5.82 Å². The zero-order valence-electron chi connectivity index (χ0n) is 8.49. The Bertz CT molecular complexity index is 468. The van der Waals surface area contributed by atoms with Crippen molar-refractivity contribution >= 4 is 15.9 Å². The van der Waals surface area contributed by atoms with Crippen LogP contribution >= 0.6 is 15.9 Å². The highest BCUT2D eigenvalue weighted by Gasteiger charge is 1.99. The van der Waals surface area contributed by atoms with Crippen LogP contribution in [0.4, 0.5) is 4.39 Å². The Morgan fingerprint density at radius 2 is 1.69 bits per heavy atom. The van der Waals surface area contributed by atoms with E-state index in [0.29, 0.717) is 12.4 Å². The van der Waals surface area contributed by atoms with Crippen molar-refractivity contribution in [2.75, 3.05) is 0 Å². The van der Waals surface area contributed by atoms with Gasteiger partial charge in [0.15, 0.2) is 0 Å². The molecule has 1 nitrogen and oxygen atoms in total. The first-order valence-corrected chi connectivity index (χ1v) is 5.67. The Kier molecular flexibility index (Phi) is 3.57. The minimum atomic E-state index is -0.256. The average Bonchev–Trinajstić information content (AvgIpc) is 2.30. The van der Waals surface area contributed by atoms with Crippen molar-refractivity contribution in [1.29, 1.82) is 0 Å². The van der Waals surface area contributed by atoms with Crippen LogP contribution in [0.15, 0.2) is 53.0 Å². The zero-order valence-corrected chi connectivity index (χ0v) is 10.1. The maximum atomic E-state index is 12.7. The molecule has 0 radical (unpaired) electrons. The third-order valence-corrected chi connectivity index (χ3v) is 2.94. The summed E-state index contributed by atoms with van der Waals surface area (Å²) in [6.07, 6.45) is 0. The van der Waals surface area contributed by atoms with E-state index in [9.17, 15) is 4.39 Å². The average molecular weight is 281 g/mol. The van der Waals surface area contributed by atoms with E-state index < -0.39 is 0 Å². The number of rotatable bonds is 3. The Morgan fingerprint density at radius 1 is 1.00 bits per heavy atom. The van der Waals surface area contributed by atoms with Crippen LogP contribution in [0.1, 0.15) is 5.56 Å². The third-order valence-electron chi connectivity index (χ3n) is 2.17. The summed E-state index contributed by atoms with van der Waals surface area (Å²) in [5.74, 6) is 0.408. The number of ether oxygens (including phenoxy) is 1. The normalized spacial score (nSPS) is 10.1. The molecule has 2 aromatic carbocycles. The van der Waals surface area contributed by atoms with Gasteiger partial charge in [0.25, 0.3) is 0 Å². The van der Waals surface area contributed by atoms with Crippen molar-refractivity contribution in [3.8, 4) is 5.75 Å². The molecule has 16 heavy (non-hydrogen) atoms. The number of hydrogen-bond acceptors (Lipinski definition) is 1. The fourth-order valence-corrected chi connectivity index (χ4v) is 1.71. The first-order chi connectivity index (χ1) is 7.75. The Labute approximate surface area is 102 Å². The number of halogens is 2. The van der Waals surface area contributed by atoms with Gasteiger partial charge in [0.1, 0.15) is 18.2 Å². The van der Waals surface area contributed by atoms with E-state index in [0.717, 1.165) is 10.0 Å². The topological polar surface area (TPSA) is 9.23 Å². The summed E-state index contributed by atoms with van der Waals surface area (Å²) in [5.41, 5.74) is 1.06. The summed E-state index contributed by atoms with van der Waals surface area (Å²) in [4.78, 5) is 0. The lowest BCUT2D eigenvalue weighted by atomic mass is 10.2. The third kappa shape index (κ3) is 2.83. The van der Waals surface area contributed by atoms with Crippen LogP contribution in [0.25, 0.3) is 0 Å². The molecule has 0 bridgehead atoms. The number of hydrogen-bond donors (Lipinski definition) is 0. The van der Waals surface area contributed by atoms with Gasteiger partial charge in [0.2, 0.25) is 0 Å². The fraction of sp³-hybridized carbons (Fsp3) is 0.0769. The summed E-state index contributed by atoms with van der Waals surface area (Å²) in [7, 11) is 0. The monoisotopic (exact) mass is 280 g/mol. The van der Waals surface area contributed by atoms with E-state index in [1.165, 1.54) is 12.1 Å². The molecule has 0 atom stereocenters. The van der Waals surface area contributed by atoms with Crippen molar-refractivity contribution in [3.05, 3.63) is 64.4 Å². The van der Waals surface area contributed by atoms with Gasteiger partial charge in [-0.3, -0.25) is 0 Å².